The van der Waals surface area contributed by atoms with Gasteiger partial charge in [0, 0.05) is 11.9 Å². The Morgan fingerprint density at radius 3 is 2.65 bits per heavy atom. The molecule has 0 aliphatic rings. The Bertz CT molecular complexity index is 701. The van der Waals surface area contributed by atoms with Crippen LogP contribution in [-0.2, 0) is 6.54 Å². The summed E-state index contributed by atoms with van der Waals surface area (Å²) in [7, 11) is 0. The summed E-state index contributed by atoms with van der Waals surface area (Å²) >= 11 is 0. The summed E-state index contributed by atoms with van der Waals surface area (Å²) in [5, 5.41) is 7.08. The van der Waals surface area contributed by atoms with Gasteiger partial charge in [0.05, 0.1) is 5.69 Å². The lowest BCUT2D eigenvalue weighted by atomic mass is 10.3. The molecule has 0 radical (unpaired) electrons. The summed E-state index contributed by atoms with van der Waals surface area (Å²) in [6, 6.07) is 9.91. The molecule has 3 aromatic rings. The van der Waals surface area contributed by atoms with E-state index >= 15 is 0 Å². The van der Waals surface area contributed by atoms with Gasteiger partial charge in [-0.1, -0.05) is 23.4 Å². The number of aryl methyl sites for hydroxylation is 2. The number of anilines is 2. The van der Waals surface area contributed by atoms with Gasteiger partial charge in [-0.3, -0.25) is 0 Å². The van der Waals surface area contributed by atoms with Crippen LogP contribution >= 0.6 is 0 Å². The number of benzene rings is 1. The molecular formula is C14H15N5O. The largest absolute Gasteiger partial charge is 0.337 e. The molecule has 0 amide bonds. The molecule has 6 nitrogen and oxygen atoms in total. The average molecular weight is 269 g/mol. The highest BCUT2D eigenvalue weighted by molar-refractivity contribution is 5.53. The molecule has 3 rings (SSSR count). The van der Waals surface area contributed by atoms with Crippen LogP contribution in [0.2, 0.25) is 0 Å². The van der Waals surface area contributed by atoms with Crippen molar-refractivity contribution in [2.24, 2.45) is 0 Å². The second-order valence-corrected chi connectivity index (χ2v) is 4.56. The number of nitrogens with one attached hydrogen (secondary N) is 1. The van der Waals surface area contributed by atoms with Crippen molar-refractivity contribution in [1.82, 2.24) is 19.7 Å². The van der Waals surface area contributed by atoms with Gasteiger partial charge in [0.15, 0.2) is 5.82 Å². The number of hydrogen-bond donors (Lipinski definition) is 1. The Kier molecular flexibility index (Phi) is 3.20. The van der Waals surface area contributed by atoms with Gasteiger partial charge in [-0.2, -0.15) is 4.98 Å². The summed E-state index contributed by atoms with van der Waals surface area (Å²) in [6.45, 7) is 4.25. The maximum absolute atomic E-state index is 5.15. The molecule has 0 atom stereocenters. The lowest BCUT2D eigenvalue weighted by Crippen LogP contribution is -2.04. The van der Waals surface area contributed by atoms with Gasteiger partial charge in [-0.15, -0.1) is 0 Å². The van der Waals surface area contributed by atoms with Gasteiger partial charge in [0.25, 0.3) is 0 Å². The summed E-state index contributed by atoms with van der Waals surface area (Å²) in [5.74, 6) is 1.95. The predicted molar refractivity (Wildman–Crippen MR) is 74.8 cm³/mol. The van der Waals surface area contributed by atoms with Crippen LogP contribution in [0.25, 0.3) is 0 Å². The third kappa shape index (κ3) is 2.69. The summed E-state index contributed by atoms with van der Waals surface area (Å²) in [4.78, 5) is 8.68. The summed E-state index contributed by atoms with van der Waals surface area (Å²) in [6.07, 6.45) is 1.95. The molecule has 6 heteroatoms. The highest BCUT2D eigenvalue weighted by Gasteiger charge is 2.10. The van der Waals surface area contributed by atoms with Crippen LogP contribution in [0, 0.1) is 13.8 Å². The van der Waals surface area contributed by atoms with Gasteiger partial charge in [0.2, 0.25) is 11.8 Å². The van der Waals surface area contributed by atoms with E-state index in [0.717, 1.165) is 17.3 Å². The Balaban J connectivity index is 1.84. The number of rotatable bonds is 4. The Hall–Kier alpha value is -2.63. The zero-order valence-corrected chi connectivity index (χ0v) is 11.4. The molecule has 0 bridgehead atoms. The average Bonchev–Trinajstić information content (AvgIpc) is 2.98. The quantitative estimate of drug-likeness (QED) is 0.788. The minimum atomic E-state index is 0.497. The lowest BCUT2D eigenvalue weighted by molar-refractivity contribution is 0.368. The van der Waals surface area contributed by atoms with Crippen molar-refractivity contribution in [1.29, 1.82) is 0 Å². The van der Waals surface area contributed by atoms with E-state index in [1.807, 2.05) is 48.0 Å². The summed E-state index contributed by atoms with van der Waals surface area (Å²) < 4.78 is 7.10. The standard InChI is InChI=1S/C14H15N5O/c1-10-8-19(9-13-16-11(2)18-20-13)14(15-10)17-12-6-4-3-5-7-12/h3-8H,9H2,1-2H3,(H,15,17). The van der Waals surface area contributed by atoms with E-state index in [1.165, 1.54) is 0 Å². The van der Waals surface area contributed by atoms with E-state index in [1.54, 1.807) is 6.92 Å². The molecule has 2 heterocycles. The van der Waals surface area contributed by atoms with Crippen LogP contribution in [-0.4, -0.2) is 19.7 Å². The van der Waals surface area contributed by atoms with Crippen molar-refractivity contribution in [3.63, 3.8) is 0 Å². The number of nitrogens with zero attached hydrogens (tertiary/aromatic N) is 4. The van der Waals surface area contributed by atoms with Gasteiger partial charge >= 0.3 is 0 Å². The zero-order valence-electron chi connectivity index (χ0n) is 11.4. The van der Waals surface area contributed by atoms with E-state index in [0.29, 0.717) is 18.3 Å². The van der Waals surface area contributed by atoms with Crippen LogP contribution < -0.4 is 5.32 Å². The molecule has 1 N–H and O–H groups in total. The molecule has 0 unspecified atom stereocenters. The molecule has 102 valence electrons. The molecule has 0 saturated carbocycles. The van der Waals surface area contributed by atoms with Crippen molar-refractivity contribution in [2.75, 3.05) is 5.32 Å². The maximum Gasteiger partial charge on any atom is 0.246 e. The molecule has 0 saturated heterocycles. The van der Waals surface area contributed by atoms with E-state index in [2.05, 4.69) is 20.4 Å². The van der Waals surface area contributed by atoms with Crippen molar-refractivity contribution < 1.29 is 4.52 Å². The first-order valence-corrected chi connectivity index (χ1v) is 6.36. The monoisotopic (exact) mass is 269 g/mol. The first-order valence-electron chi connectivity index (χ1n) is 6.36. The van der Waals surface area contributed by atoms with Crippen molar-refractivity contribution >= 4 is 11.6 Å². The van der Waals surface area contributed by atoms with E-state index < -0.39 is 0 Å². The van der Waals surface area contributed by atoms with E-state index in [4.69, 9.17) is 4.52 Å². The fourth-order valence-corrected chi connectivity index (χ4v) is 1.97. The van der Waals surface area contributed by atoms with E-state index in [-0.39, 0.29) is 0 Å². The molecular weight excluding hydrogens is 254 g/mol. The molecule has 0 spiro atoms. The minimum absolute atomic E-state index is 0.497. The smallest absolute Gasteiger partial charge is 0.246 e. The highest BCUT2D eigenvalue weighted by atomic mass is 16.5. The fraction of sp³-hybridized carbons (Fsp3) is 0.214. The number of imidazole rings is 1. The Morgan fingerprint density at radius 2 is 1.95 bits per heavy atom. The maximum atomic E-state index is 5.15. The summed E-state index contributed by atoms with van der Waals surface area (Å²) in [5.41, 5.74) is 1.92. The molecule has 2 aromatic heterocycles. The normalized spacial score (nSPS) is 10.7. The van der Waals surface area contributed by atoms with Crippen molar-refractivity contribution in [3.05, 3.63) is 53.9 Å². The van der Waals surface area contributed by atoms with Crippen molar-refractivity contribution in [2.45, 2.75) is 20.4 Å². The van der Waals surface area contributed by atoms with Crippen LogP contribution in [0.3, 0.4) is 0 Å². The number of hydrogen-bond acceptors (Lipinski definition) is 5. The first kappa shape index (κ1) is 12.4. The minimum Gasteiger partial charge on any atom is -0.337 e. The topological polar surface area (TPSA) is 68.8 Å². The second kappa shape index (κ2) is 5.16. The molecule has 20 heavy (non-hydrogen) atoms. The molecule has 0 aliphatic heterocycles. The Labute approximate surface area is 116 Å². The third-order valence-electron chi connectivity index (χ3n) is 2.80. The number of para-hydroxylation sites is 1. The third-order valence-corrected chi connectivity index (χ3v) is 2.80. The lowest BCUT2D eigenvalue weighted by Gasteiger charge is -2.07. The Morgan fingerprint density at radius 1 is 1.15 bits per heavy atom. The second-order valence-electron chi connectivity index (χ2n) is 4.56. The van der Waals surface area contributed by atoms with Gasteiger partial charge in [-0.05, 0) is 26.0 Å². The zero-order chi connectivity index (χ0) is 13.9. The van der Waals surface area contributed by atoms with Gasteiger partial charge < -0.3 is 14.4 Å². The SMILES string of the molecule is Cc1cn(Cc2nc(C)no2)c(Nc2ccccc2)n1. The predicted octanol–water partition coefficient (Wildman–Crippen LogP) is 2.67. The van der Waals surface area contributed by atoms with Crippen LogP contribution in [0.4, 0.5) is 11.6 Å². The molecule has 0 aliphatic carbocycles. The van der Waals surface area contributed by atoms with Gasteiger partial charge in [0.1, 0.15) is 6.54 Å². The van der Waals surface area contributed by atoms with Crippen LogP contribution in [0.15, 0.2) is 41.1 Å². The molecule has 1 aromatic carbocycles. The van der Waals surface area contributed by atoms with Crippen LogP contribution in [0.5, 0.6) is 0 Å². The first-order chi connectivity index (χ1) is 9.70. The van der Waals surface area contributed by atoms with Gasteiger partial charge in [-0.25, -0.2) is 4.98 Å². The van der Waals surface area contributed by atoms with Crippen molar-refractivity contribution in [3.8, 4) is 0 Å². The van der Waals surface area contributed by atoms with Crippen LogP contribution in [0.1, 0.15) is 17.4 Å². The molecule has 0 fully saturated rings. The number of aromatic nitrogens is 4. The highest BCUT2D eigenvalue weighted by Crippen LogP contribution is 2.17. The fourth-order valence-electron chi connectivity index (χ4n) is 1.97. The van der Waals surface area contributed by atoms with E-state index in [9.17, 15) is 0 Å².